The van der Waals surface area contributed by atoms with Gasteiger partial charge >= 0.3 is 0 Å². The molecule has 0 amide bonds. The Balaban J connectivity index is 2.06. The Labute approximate surface area is 98.1 Å². The van der Waals surface area contributed by atoms with Crippen LogP contribution >= 0.6 is 22.9 Å². The number of halogens is 1. The second kappa shape index (κ2) is 3.76. The van der Waals surface area contributed by atoms with Gasteiger partial charge in [0.05, 0.1) is 5.88 Å². The molecule has 0 unspecified atom stereocenters. The Bertz CT molecular complexity index is 381. The standard InChI is InChI=1S/C10H13ClN2OS/c1-10(2)5-13(6-10)9-12-7(4-15-9)8(14)3-11/h4H,3,5-6H2,1-2H3. The van der Waals surface area contributed by atoms with Crippen molar-refractivity contribution in [3.63, 3.8) is 0 Å². The maximum atomic E-state index is 11.3. The van der Waals surface area contributed by atoms with Crippen molar-refractivity contribution in [1.29, 1.82) is 0 Å². The molecule has 0 N–H and O–H groups in total. The highest BCUT2D eigenvalue weighted by molar-refractivity contribution is 7.14. The molecular weight excluding hydrogens is 232 g/mol. The number of ketones is 1. The maximum Gasteiger partial charge on any atom is 0.196 e. The summed E-state index contributed by atoms with van der Waals surface area (Å²) in [5.74, 6) is -0.0896. The van der Waals surface area contributed by atoms with Crippen LogP contribution in [0.4, 0.5) is 5.13 Å². The van der Waals surface area contributed by atoms with E-state index in [9.17, 15) is 4.79 Å². The van der Waals surface area contributed by atoms with Gasteiger partial charge in [-0.2, -0.15) is 0 Å². The maximum absolute atomic E-state index is 11.3. The number of carbonyl (C=O) groups is 1. The highest BCUT2D eigenvalue weighted by atomic mass is 35.5. The molecule has 0 aliphatic carbocycles. The van der Waals surface area contributed by atoms with Crippen LogP contribution in [0.3, 0.4) is 0 Å². The first-order chi connectivity index (χ1) is 7.02. The van der Waals surface area contributed by atoms with Crippen molar-refractivity contribution in [2.45, 2.75) is 13.8 Å². The quantitative estimate of drug-likeness (QED) is 0.605. The van der Waals surface area contributed by atoms with Crippen molar-refractivity contribution in [1.82, 2.24) is 4.98 Å². The van der Waals surface area contributed by atoms with Crippen molar-refractivity contribution in [3.05, 3.63) is 11.1 Å². The molecule has 0 spiro atoms. The molecule has 15 heavy (non-hydrogen) atoms. The number of rotatable bonds is 3. The number of aromatic nitrogens is 1. The predicted molar refractivity (Wildman–Crippen MR) is 63.2 cm³/mol. The number of Topliss-reactive ketones (excluding diaryl/α,β-unsaturated/α-hetero) is 1. The third-order valence-corrected chi connectivity index (χ3v) is 3.55. The fourth-order valence-electron chi connectivity index (χ4n) is 1.73. The van der Waals surface area contributed by atoms with Gasteiger partial charge in [-0.3, -0.25) is 4.79 Å². The molecule has 0 saturated carbocycles. The van der Waals surface area contributed by atoms with E-state index in [1.807, 2.05) is 0 Å². The molecule has 1 aliphatic rings. The predicted octanol–water partition coefficient (Wildman–Crippen LogP) is 2.41. The van der Waals surface area contributed by atoms with E-state index in [1.54, 1.807) is 5.38 Å². The molecule has 0 bridgehead atoms. The fourth-order valence-corrected chi connectivity index (χ4v) is 2.70. The number of anilines is 1. The van der Waals surface area contributed by atoms with Crippen LogP contribution in [0, 0.1) is 5.41 Å². The first-order valence-corrected chi connectivity index (χ1v) is 6.23. The topological polar surface area (TPSA) is 33.2 Å². The zero-order valence-electron chi connectivity index (χ0n) is 8.79. The smallest absolute Gasteiger partial charge is 0.196 e. The van der Waals surface area contributed by atoms with Crippen LogP contribution in [0.2, 0.25) is 0 Å². The van der Waals surface area contributed by atoms with Gasteiger partial charge in [-0.25, -0.2) is 4.98 Å². The van der Waals surface area contributed by atoms with Gasteiger partial charge in [-0.1, -0.05) is 13.8 Å². The van der Waals surface area contributed by atoms with Crippen molar-refractivity contribution in [2.24, 2.45) is 5.41 Å². The second-order valence-electron chi connectivity index (χ2n) is 4.59. The molecule has 1 aromatic heterocycles. The Kier molecular flexibility index (Phi) is 2.73. The molecule has 82 valence electrons. The van der Waals surface area contributed by atoms with Gasteiger partial charge in [0.1, 0.15) is 5.69 Å². The molecule has 1 fully saturated rings. The monoisotopic (exact) mass is 244 g/mol. The van der Waals surface area contributed by atoms with Crippen LogP contribution in [-0.2, 0) is 0 Å². The lowest BCUT2D eigenvalue weighted by Gasteiger charge is -2.45. The number of carbonyl (C=O) groups excluding carboxylic acids is 1. The van der Waals surface area contributed by atoms with Crippen LogP contribution in [0.5, 0.6) is 0 Å². The summed E-state index contributed by atoms with van der Waals surface area (Å²) < 4.78 is 0. The number of alkyl halides is 1. The Morgan fingerprint density at radius 3 is 2.87 bits per heavy atom. The van der Waals surface area contributed by atoms with Crippen LogP contribution in [0.15, 0.2) is 5.38 Å². The van der Waals surface area contributed by atoms with E-state index in [0.717, 1.165) is 18.2 Å². The van der Waals surface area contributed by atoms with E-state index in [1.165, 1.54) is 11.3 Å². The molecule has 0 atom stereocenters. The van der Waals surface area contributed by atoms with Crippen LogP contribution < -0.4 is 4.90 Å². The summed E-state index contributed by atoms with van der Waals surface area (Å²) in [6, 6.07) is 0. The zero-order valence-corrected chi connectivity index (χ0v) is 10.4. The minimum absolute atomic E-state index is 0.00860. The van der Waals surface area contributed by atoms with E-state index in [4.69, 9.17) is 11.6 Å². The molecule has 1 aliphatic heterocycles. The summed E-state index contributed by atoms with van der Waals surface area (Å²) >= 11 is 6.98. The van der Waals surface area contributed by atoms with E-state index < -0.39 is 0 Å². The van der Waals surface area contributed by atoms with Crippen LogP contribution in [-0.4, -0.2) is 29.7 Å². The molecular formula is C10H13ClN2OS. The normalized spacial score (nSPS) is 18.7. The average molecular weight is 245 g/mol. The third kappa shape index (κ3) is 2.16. The first kappa shape index (κ1) is 10.9. The molecule has 0 aromatic carbocycles. The van der Waals surface area contributed by atoms with Gasteiger partial charge in [0, 0.05) is 18.5 Å². The van der Waals surface area contributed by atoms with Crippen molar-refractivity contribution in [3.8, 4) is 0 Å². The Hall–Kier alpha value is -0.610. The molecule has 5 heteroatoms. The van der Waals surface area contributed by atoms with Crippen molar-refractivity contribution < 1.29 is 4.79 Å². The molecule has 0 radical (unpaired) electrons. The third-order valence-electron chi connectivity index (χ3n) is 2.41. The average Bonchev–Trinajstić information content (AvgIpc) is 2.61. The summed E-state index contributed by atoms with van der Waals surface area (Å²) in [6.45, 7) is 6.47. The summed E-state index contributed by atoms with van der Waals surface area (Å²) in [4.78, 5) is 17.7. The van der Waals surface area contributed by atoms with Crippen molar-refractivity contribution >= 4 is 33.9 Å². The van der Waals surface area contributed by atoms with E-state index in [-0.39, 0.29) is 11.7 Å². The van der Waals surface area contributed by atoms with Gasteiger partial charge in [0.25, 0.3) is 0 Å². The Morgan fingerprint density at radius 2 is 2.33 bits per heavy atom. The van der Waals surface area contributed by atoms with Gasteiger partial charge in [-0.05, 0) is 5.41 Å². The molecule has 2 rings (SSSR count). The SMILES string of the molecule is CC1(C)CN(c2nc(C(=O)CCl)cs2)C1. The van der Waals surface area contributed by atoms with Gasteiger partial charge in [-0.15, -0.1) is 22.9 Å². The van der Waals surface area contributed by atoms with E-state index >= 15 is 0 Å². The minimum Gasteiger partial charge on any atom is -0.347 e. The molecule has 3 nitrogen and oxygen atoms in total. The second-order valence-corrected chi connectivity index (χ2v) is 5.70. The summed E-state index contributed by atoms with van der Waals surface area (Å²) in [5, 5.41) is 2.72. The lowest BCUT2D eigenvalue weighted by atomic mass is 9.85. The summed E-state index contributed by atoms with van der Waals surface area (Å²) in [6.07, 6.45) is 0. The lowest BCUT2D eigenvalue weighted by molar-refractivity contribution is 0.101. The lowest BCUT2D eigenvalue weighted by Crippen LogP contribution is -2.53. The number of thiazole rings is 1. The molecule has 1 aromatic rings. The fraction of sp³-hybridized carbons (Fsp3) is 0.600. The minimum atomic E-state index is -0.0982. The first-order valence-electron chi connectivity index (χ1n) is 4.81. The highest BCUT2D eigenvalue weighted by Crippen LogP contribution is 2.34. The summed E-state index contributed by atoms with van der Waals surface area (Å²) in [7, 11) is 0. The van der Waals surface area contributed by atoms with Gasteiger partial charge < -0.3 is 4.90 Å². The zero-order chi connectivity index (χ0) is 11.1. The van der Waals surface area contributed by atoms with Crippen molar-refractivity contribution in [2.75, 3.05) is 23.9 Å². The van der Waals surface area contributed by atoms with Gasteiger partial charge in [0.2, 0.25) is 0 Å². The molecule has 2 heterocycles. The van der Waals surface area contributed by atoms with Gasteiger partial charge in [0.15, 0.2) is 10.9 Å². The number of nitrogens with zero attached hydrogens (tertiary/aromatic N) is 2. The number of hydrogen-bond acceptors (Lipinski definition) is 4. The van der Waals surface area contributed by atoms with Crippen LogP contribution in [0.1, 0.15) is 24.3 Å². The Morgan fingerprint density at radius 1 is 1.67 bits per heavy atom. The van der Waals surface area contributed by atoms with E-state index in [2.05, 4.69) is 23.7 Å². The molecule has 1 saturated heterocycles. The van der Waals surface area contributed by atoms with E-state index in [0.29, 0.717) is 11.1 Å². The highest BCUT2D eigenvalue weighted by Gasteiger charge is 2.35. The number of hydrogen-bond donors (Lipinski definition) is 0. The van der Waals surface area contributed by atoms with Crippen LogP contribution in [0.25, 0.3) is 0 Å². The largest absolute Gasteiger partial charge is 0.347 e. The summed E-state index contributed by atoms with van der Waals surface area (Å²) in [5.41, 5.74) is 0.872.